The van der Waals surface area contributed by atoms with Gasteiger partial charge in [0.15, 0.2) is 11.4 Å². The van der Waals surface area contributed by atoms with Gasteiger partial charge in [0.1, 0.15) is 11.5 Å². The number of hydrogen-bond acceptors (Lipinski definition) is 4. The first-order valence-electron chi connectivity index (χ1n) is 7.86. The number of rotatable bonds is 4. The van der Waals surface area contributed by atoms with Crippen molar-refractivity contribution in [2.75, 3.05) is 0 Å². The molecule has 126 valence electrons. The number of pyridine rings is 1. The summed E-state index contributed by atoms with van der Waals surface area (Å²) < 4.78 is 5.78. The van der Waals surface area contributed by atoms with Gasteiger partial charge in [0.05, 0.1) is 5.69 Å². The monoisotopic (exact) mass is 355 g/mol. The number of hydrogen-bond donors (Lipinski definition) is 2. The predicted molar refractivity (Wildman–Crippen MR) is 93.9 cm³/mol. The van der Waals surface area contributed by atoms with Gasteiger partial charge in [-0.2, -0.15) is 0 Å². The highest BCUT2D eigenvalue weighted by atomic mass is 35.5. The van der Waals surface area contributed by atoms with E-state index in [0.717, 1.165) is 23.9 Å². The van der Waals surface area contributed by atoms with Crippen LogP contribution in [0.3, 0.4) is 0 Å². The number of aromatic carboxylic acids is 1. The summed E-state index contributed by atoms with van der Waals surface area (Å²) in [6.45, 7) is 0. The molecule has 0 bridgehead atoms. The lowest BCUT2D eigenvalue weighted by Gasteiger charge is -2.12. The molecule has 1 saturated carbocycles. The molecule has 3 aromatic rings. The van der Waals surface area contributed by atoms with E-state index in [1.54, 1.807) is 42.5 Å². The molecule has 0 atom stereocenters. The van der Waals surface area contributed by atoms with Crippen LogP contribution >= 0.6 is 11.6 Å². The van der Waals surface area contributed by atoms with Crippen molar-refractivity contribution in [1.82, 2.24) is 4.98 Å². The molecule has 0 saturated heterocycles. The van der Waals surface area contributed by atoms with Gasteiger partial charge in [-0.15, -0.1) is 0 Å². The van der Waals surface area contributed by atoms with E-state index in [0.29, 0.717) is 21.9 Å². The first-order chi connectivity index (χ1) is 12.0. The van der Waals surface area contributed by atoms with E-state index in [2.05, 4.69) is 4.98 Å². The maximum absolute atomic E-state index is 11.4. The third-order valence-electron chi connectivity index (χ3n) is 4.18. The van der Waals surface area contributed by atoms with Crippen molar-refractivity contribution >= 4 is 28.3 Å². The van der Waals surface area contributed by atoms with E-state index >= 15 is 0 Å². The molecule has 1 aliphatic rings. The Kier molecular flexibility index (Phi) is 3.73. The van der Waals surface area contributed by atoms with Crippen LogP contribution in [0.4, 0.5) is 0 Å². The standard InChI is InChI=1S/C19H14ClNO4/c20-11-2-1-3-12(8-11)25-13-6-7-14-15(9-13)18(22)17(19(23)24)21-16(14)10-4-5-10/h1-3,6-10,22H,4-5H2,(H,23,24). The van der Waals surface area contributed by atoms with Crippen molar-refractivity contribution in [2.24, 2.45) is 0 Å². The summed E-state index contributed by atoms with van der Waals surface area (Å²) in [6, 6.07) is 12.2. The minimum atomic E-state index is -1.25. The van der Waals surface area contributed by atoms with Gasteiger partial charge in [-0.05, 0) is 49.2 Å². The van der Waals surface area contributed by atoms with E-state index in [4.69, 9.17) is 16.3 Å². The molecule has 0 unspecified atom stereocenters. The van der Waals surface area contributed by atoms with E-state index in [-0.39, 0.29) is 17.4 Å². The summed E-state index contributed by atoms with van der Waals surface area (Å²) in [6.07, 6.45) is 1.96. The van der Waals surface area contributed by atoms with Crippen LogP contribution in [0.15, 0.2) is 42.5 Å². The van der Waals surface area contributed by atoms with E-state index < -0.39 is 5.97 Å². The second kappa shape index (κ2) is 5.93. The van der Waals surface area contributed by atoms with Gasteiger partial charge in [0.25, 0.3) is 0 Å². The van der Waals surface area contributed by atoms with Gasteiger partial charge in [-0.1, -0.05) is 17.7 Å². The lowest BCUT2D eigenvalue weighted by atomic mass is 10.0. The van der Waals surface area contributed by atoms with Crippen molar-refractivity contribution in [2.45, 2.75) is 18.8 Å². The molecule has 5 nitrogen and oxygen atoms in total. The molecule has 2 N–H and O–H groups in total. The normalized spacial score (nSPS) is 13.8. The summed E-state index contributed by atoms with van der Waals surface area (Å²) in [7, 11) is 0. The lowest BCUT2D eigenvalue weighted by Crippen LogP contribution is -2.04. The molecule has 4 rings (SSSR count). The third kappa shape index (κ3) is 2.98. The second-order valence-corrected chi connectivity index (χ2v) is 6.48. The quantitative estimate of drug-likeness (QED) is 0.691. The van der Waals surface area contributed by atoms with Gasteiger partial charge in [-0.25, -0.2) is 9.78 Å². The lowest BCUT2D eigenvalue weighted by molar-refractivity contribution is 0.0687. The summed E-state index contributed by atoms with van der Waals surface area (Å²) in [5.41, 5.74) is 0.397. The minimum absolute atomic E-state index is 0.251. The first kappa shape index (κ1) is 15.7. The van der Waals surface area contributed by atoms with Crippen LogP contribution in [0.25, 0.3) is 10.8 Å². The molecular formula is C19H14ClNO4. The molecule has 0 spiro atoms. The van der Waals surface area contributed by atoms with Gasteiger partial charge in [-0.3, -0.25) is 0 Å². The Labute approximate surface area is 148 Å². The largest absolute Gasteiger partial charge is 0.505 e. The summed E-state index contributed by atoms with van der Waals surface area (Å²) >= 11 is 5.96. The molecule has 2 aromatic carbocycles. The average molecular weight is 356 g/mol. The van der Waals surface area contributed by atoms with Crippen molar-refractivity contribution in [3.8, 4) is 17.2 Å². The number of nitrogens with zero attached hydrogens (tertiary/aromatic N) is 1. The fraction of sp³-hybridized carbons (Fsp3) is 0.158. The summed E-state index contributed by atoms with van der Waals surface area (Å²) in [5, 5.41) is 21.4. The van der Waals surface area contributed by atoms with Gasteiger partial charge < -0.3 is 14.9 Å². The third-order valence-corrected chi connectivity index (χ3v) is 4.41. The zero-order valence-corrected chi connectivity index (χ0v) is 13.8. The van der Waals surface area contributed by atoms with Crippen LogP contribution in [0.1, 0.15) is 34.9 Å². The first-order valence-corrected chi connectivity index (χ1v) is 8.24. The number of aromatic hydroxyl groups is 1. The summed E-state index contributed by atoms with van der Waals surface area (Å²) in [5.74, 6) is -0.303. The fourth-order valence-electron chi connectivity index (χ4n) is 2.85. The Morgan fingerprint density at radius 3 is 2.56 bits per heavy atom. The Hall–Kier alpha value is -2.79. The Balaban J connectivity index is 1.83. The Morgan fingerprint density at radius 1 is 1.12 bits per heavy atom. The predicted octanol–water partition coefficient (Wildman–Crippen LogP) is 4.96. The number of carbonyl (C=O) groups is 1. The number of benzene rings is 2. The van der Waals surface area contributed by atoms with Gasteiger partial charge >= 0.3 is 5.97 Å². The Morgan fingerprint density at radius 2 is 1.88 bits per heavy atom. The van der Waals surface area contributed by atoms with Gasteiger partial charge in [0.2, 0.25) is 0 Å². The zero-order valence-electron chi connectivity index (χ0n) is 13.1. The van der Waals surface area contributed by atoms with E-state index in [9.17, 15) is 15.0 Å². The number of carboxylic acid groups (broad SMARTS) is 1. The molecule has 0 aliphatic heterocycles. The van der Waals surface area contributed by atoms with Crippen LogP contribution < -0.4 is 4.74 Å². The average Bonchev–Trinajstić information content (AvgIpc) is 3.40. The number of ether oxygens (including phenoxy) is 1. The number of carboxylic acids is 1. The van der Waals surface area contributed by atoms with Crippen molar-refractivity contribution < 1.29 is 19.7 Å². The molecule has 1 aliphatic carbocycles. The molecule has 0 amide bonds. The molecule has 0 radical (unpaired) electrons. The van der Waals surface area contributed by atoms with E-state index in [1.165, 1.54) is 0 Å². The van der Waals surface area contributed by atoms with Gasteiger partial charge in [0, 0.05) is 21.7 Å². The van der Waals surface area contributed by atoms with Crippen molar-refractivity contribution in [3.63, 3.8) is 0 Å². The molecule has 1 aromatic heterocycles. The smallest absolute Gasteiger partial charge is 0.358 e. The van der Waals surface area contributed by atoms with E-state index in [1.807, 2.05) is 0 Å². The van der Waals surface area contributed by atoms with Crippen LogP contribution in [0.2, 0.25) is 5.02 Å². The van der Waals surface area contributed by atoms with Crippen molar-refractivity contribution in [1.29, 1.82) is 0 Å². The molecule has 6 heteroatoms. The highest BCUT2D eigenvalue weighted by molar-refractivity contribution is 6.30. The van der Waals surface area contributed by atoms with Crippen LogP contribution in [0, 0.1) is 0 Å². The highest BCUT2D eigenvalue weighted by Gasteiger charge is 2.30. The van der Waals surface area contributed by atoms with Crippen LogP contribution in [-0.2, 0) is 0 Å². The molecule has 1 fully saturated rings. The molecule has 1 heterocycles. The number of fused-ring (bicyclic) bond motifs is 1. The molecular weight excluding hydrogens is 342 g/mol. The maximum atomic E-state index is 11.4. The Bertz CT molecular complexity index is 998. The topological polar surface area (TPSA) is 79.7 Å². The number of halogens is 1. The van der Waals surface area contributed by atoms with Crippen LogP contribution in [0.5, 0.6) is 17.2 Å². The number of aromatic nitrogens is 1. The van der Waals surface area contributed by atoms with Crippen molar-refractivity contribution in [3.05, 3.63) is 58.9 Å². The molecule has 25 heavy (non-hydrogen) atoms. The fourth-order valence-corrected chi connectivity index (χ4v) is 3.03. The highest BCUT2D eigenvalue weighted by Crippen LogP contribution is 2.45. The van der Waals surface area contributed by atoms with Crippen LogP contribution in [-0.4, -0.2) is 21.2 Å². The maximum Gasteiger partial charge on any atom is 0.358 e. The zero-order chi connectivity index (χ0) is 17.6. The SMILES string of the molecule is O=C(O)c1nc(C2CC2)c2ccc(Oc3cccc(Cl)c3)cc2c1O. The minimum Gasteiger partial charge on any atom is -0.505 e. The summed E-state index contributed by atoms with van der Waals surface area (Å²) in [4.78, 5) is 15.6. The second-order valence-electron chi connectivity index (χ2n) is 6.04.